The summed E-state index contributed by atoms with van der Waals surface area (Å²) in [4.78, 5) is 0. The molecule has 1 fully saturated rings. The van der Waals surface area contributed by atoms with Crippen LogP contribution in [-0.2, 0) is 9.09 Å². The fraction of sp³-hybridized carbons (Fsp3) is 1.00. The van der Waals surface area contributed by atoms with E-state index in [1.807, 2.05) is 13.8 Å². The topological polar surface area (TPSA) is 46.5 Å². The largest absolute Gasteiger partial charge is 0.508 e. The average molecular weight is 205 g/mol. The van der Waals surface area contributed by atoms with Crippen LogP contribution in [0.25, 0.3) is 0 Å². The Morgan fingerprint density at radius 1 is 1.54 bits per heavy atom. The van der Waals surface area contributed by atoms with Crippen molar-refractivity contribution in [3.63, 3.8) is 0 Å². The van der Waals surface area contributed by atoms with Gasteiger partial charge in [-0.05, 0) is 37.7 Å². The van der Waals surface area contributed by atoms with Gasteiger partial charge in [-0.15, -0.1) is 4.52 Å². The van der Waals surface area contributed by atoms with Gasteiger partial charge in [0.1, 0.15) is 6.10 Å². The predicted octanol–water partition coefficient (Wildman–Crippen LogP) is 2.31. The van der Waals surface area contributed by atoms with E-state index < -0.39 is 8.03 Å². The number of aliphatic hydroxyl groups is 1. The lowest BCUT2D eigenvalue weighted by molar-refractivity contribution is 0.178. The Morgan fingerprint density at radius 2 is 2.23 bits per heavy atom. The van der Waals surface area contributed by atoms with Crippen molar-refractivity contribution in [2.24, 2.45) is 5.92 Å². The molecule has 76 valence electrons. The fourth-order valence-corrected chi connectivity index (χ4v) is 3.01. The van der Waals surface area contributed by atoms with Gasteiger partial charge in [0.2, 0.25) is 0 Å². The highest BCUT2D eigenvalue weighted by Gasteiger charge is 2.31. The van der Waals surface area contributed by atoms with Crippen LogP contribution in [0.2, 0.25) is 0 Å². The third-order valence-corrected chi connectivity index (χ3v) is 3.72. The van der Waals surface area contributed by atoms with E-state index in [0.717, 1.165) is 19.3 Å². The molecule has 1 N–H and O–H groups in total. The number of aliphatic hydroxyl groups excluding tert-OH is 1. The summed E-state index contributed by atoms with van der Waals surface area (Å²) in [6.45, 7) is 3.77. The molecule has 3 nitrogen and oxygen atoms in total. The van der Waals surface area contributed by atoms with E-state index in [-0.39, 0.29) is 12.2 Å². The van der Waals surface area contributed by atoms with Crippen molar-refractivity contribution < 1.29 is 14.2 Å². The minimum Gasteiger partial charge on any atom is -0.393 e. The smallest absolute Gasteiger partial charge is 0.393 e. The van der Waals surface area contributed by atoms with Crippen LogP contribution in [-0.4, -0.2) is 23.5 Å². The minimum absolute atomic E-state index is 0.0370. The molecule has 0 aliphatic heterocycles. The zero-order valence-electron chi connectivity index (χ0n) is 8.27. The lowest BCUT2D eigenvalue weighted by Crippen LogP contribution is -2.04. The Kier molecular flexibility index (Phi) is 4.30. The predicted molar refractivity (Wildman–Crippen MR) is 52.0 cm³/mol. The molecule has 0 aromatic rings. The summed E-state index contributed by atoms with van der Waals surface area (Å²) < 4.78 is 16.5. The van der Waals surface area contributed by atoms with E-state index in [9.17, 15) is 9.67 Å². The second-order valence-corrected chi connectivity index (χ2v) is 5.24. The van der Waals surface area contributed by atoms with Crippen molar-refractivity contribution in [1.82, 2.24) is 0 Å². The first kappa shape index (κ1) is 11.1. The molecule has 0 bridgehead atoms. The number of hydrogen-bond donors (Lipinski definition) is 1. The van der Waals surface area contributed by atoms with Gasteiger partial charge in [0.25, 0.3) is 0 Å². The minimum atomic E-state index is -1.51. The van der Waals surface area contributed by atoms with E-state index in [2.05, 4.69) is 0 Å². The molecule has 4 heteroatoms. The SMILES string of the molecule is CC(C)O[P+](=O)C[C@H]1CC[C@@H](O)C1. The van der Waals surface area contributed by atoms with Crippen LogP contribution >= 0.6 is 8.03 Å². The Bertz CT molecular complexity index is 182. The molecule has 0 saturated heterocycles. The van der Waals surface area contributed by atoms with Crippen LogP contribution in [0.15, 0.2) is 0 Å². The Hall–Kier alpha value is 0.0200. The van der Waals surface area contributed by atoms with Crippen LogP contribution in [0.5, 0.6) is 0 Å². The zero-order chi connectivity index (χ0) is 9.84. The third-order valence-electron chi connectivity index (χ3n) is 2.25. The summed E-state index contributed by atoms with van der Waals surface area (Å²) >= 11 is 0. The van der Waals surface area contributed by atoms with Crippen LogP contribution in [0.4, 0.5) is 0 Å². The Balaban J connectivity index is 2.21. The molecule has 0 spiro atoms. The van der Waals surface area contributed by atoms with Crippen molar-refractivity contribution in [2.45, 2.75) is 45.3 Å². The van der Waals surface area contributed by atoms with E-state index in [4.69, 9.17) is 4.52 Å². The lowest BCUT2D eigenvalue weighted by Gasteiger charge is -2.01. The first-order valence-electron chi connectivity index (χ1n) is 4.87. The third kappa shape index (κ3) is 4.17. The van der Waals surface area contributed by atoms with Crippen molar-refractivity contribution in [2.75, 3.05) is 6.16 Å². The highest BCUT2D eigenvalue weighted by molar-refractivity contribution is 7.39. The zero-order valence-corrected chi connectivity index (χ0v) is 9.17. The molecule has 3 atom stereocenters. The summed E-state index contributed by atoms with van der Waals surface area (Å²) in [6, 6.07) is 0. The Morgan fingerprint density at radius 3 is 2.69 bits per heavy atom. The van der Waals surface area contributed by atoms with Gasteiger partial charge in [0.05, 0.1) is 6.10 Å². The fourth-order valence-electron chi connectivity index (χ4n) is 1.70. The summed E-state index contributed by atoms with van der Waals surface area (Å²) in [5.41, 5.74) is 0. The second kappa shape index (κ2) is 5.04. The van der Waals surface area contributed by atoms with Crippen LogP contribution in [0, 0.1) is 5.92 Å². The molecule has 0 amide bonds. The number of hydrogen-bond acceptors (Lipinski definition) is 3. The maximum absolute atomic E-state index is 11.4. The molecular weight excluding hydrogens is 187 g/mol. The van der Waals surface area contributed by atoms with Gasteiger partial charge < -0.3 is 5.11 Å². The van der Waals surface area contributed by atoms with Crippen molar-refractivity contribution in [3.05, 3.63) is 0 Å². The maximum Gasteiger partial charge on any atom is 0.508 e. The first-order chi connectivity index (χ1) is 6.08. The standard InChI is InChI=1S/C9H18O3P/c1-7(2)12-13(11)6-8-3-4-9(10)5-8/h7-10H,3-6H2,1-2H3/q+1/t8-,9+/m0/s1. The van der Waals surface area contributed by atoms with Gasteiger partial charge in [-0.2, -0.15) is 0 Å². The van der Waals surface area contributed by atoms with E-state index >= 15 is 0 Å². The van der Waals surface area contributed by atoms with Crippen LogP contribution in [0.1, 0.15) is 33.1 Å². The van der Waals surface area contributed by atoms with Crippen molar-refractivity contribution in [3.8, 4) is 0 Å². The highest BCUT2D eigenvalue weighted by atomic mass is 31.1. The first-order valence-corrected chi connectivity index (χ1v) is 6.23. The quantitative estimate of drug-likeness (QED) is 0.716. The van der Waals surface area contributed by atoms with Gasteiger partial charge >= 0.3 is 8.03 Å². The second-order valence-electron chi connectivity index (χ2n) is 4.00. The Labute approximate surface area is 80.4 Å². The number of rotatable bonds is 4. The molecule has 0 radical (unpaired) electrons. The molecule has 1 aliphatic rings. The highest BCUT2D eigenvalue weighted by Crippen LogP contribution is 2.35. The van der Waals surface area contributed by atoms with E-state index in [0.29, 0.717) is 12.1 Å². The molecule has 1 saturated carbocycles. The molecule has 1 rings (SSSR count). The normalized spacial score (nSPS) is 29.7. The van der Waals surface area contributed by atoms with Gasteiger partial charge in [0, 0.05) is 5.92 Å². The lowest BCUT2D eigenvalue weighted by atomic mass is 10.1. The molecule has 0 aromatic heterocycles. The summed E-state index contributed by atoms with van der Waals surface area (Å²) in [5, 5.41) is 9.26. The summed E-state index contributed by atoms with van der Waals surface area (Å²) in [6.07, 6.45) is 3.12. The van der Waals surface area contributed by atoms with Gasteiger partial charge in [-0.25, -0.2) is 0 Å². The molecule has 13 heavy (non-hydrogen) atoms. The summed E-state index contributed by atoms with van der Waals surface area (Å²) in [7, 11) is -1.51. The van der Waals surface area contributed by atoms with Crippen LogP contribution in [0.3, 0.4) is 0 Å². The van der Waals surface area contributed by atoms with Gasteiger partial charge in [-0.1, -0.05) is 0 Å². The van der Waals surface area contributed by atoms with Crippen molar-refractivity contribution in [1.29, 1.82) is 0 Å². The van der Waals surface area contributed by atoms with E-state index in [1.54, 1.807) is 0 Å². The molecular formula is C9H18O3P+. The molecule has 1 aliphatic carbocycles. The van der Waals surface area contributed by atoms with Crippen molar-refractivity contribution >= 4 is 8.03 Å². The van der Waals surface area contributed by atoms with E-state index in [1.165, 1.54) is 0 Å². The van der Waals surface area contributed by atoms with Gasteiger partial charge in [0.15, 0.2) is 6.16 Å². The van der Waals surface area contributed by atoms with Crippen LogP contribution < -0.4 is 0 Å². The molecule has 0 heterocycles. The average Bonchev–Trinajstić information content (AvgIpc) is 2.33. The maximum atomic E-state index is 11.4. The summed E-state index contributed by atoms with van der Waals surface area (Å²) in [5.74, 6) is 0.400. The monoisotopic (exact) mass is 205 g/mol. The van der Waals surface area contributed by atoms with Gasteiger partial charge in [-0.3, -0.25) is 0 Å². The molecule has 1 unspecified atom stereocenters. The molecule has 0 aromatic carbocycles.